The highest BCUT2D eigenvalue weighted by atomic mass is 35.5. The summed E-state index contributed by atoms with van der Waals surface area (Å²) in [6.07, 6.45) is 0.503. The third kappa shape index (κ3) is 2.46. The average molecular weight is 315 g/mol. The minimum atomic E-state index is -0.0707. The number of halogens is 1. The van der Waals surface area contributed by atoms with Gasteiger partial charge in [0.15, 0.2) is 0 Å². The number of amides is 1. The highest BCUT2D eigenvalue weighted by Gasteiger charge is 2.28. The van der Waals surface area contributed by atoms with E-state index in [-0.39, 0.29) is 5.91 Å². The van der Waals surface area contributed by atoms with E-state index in [0.717, 1.165) is 11.1 Å². The van der Waals surface area contributed by atoms with Crippen LogP contribution in [0.5, 0.6) is 0 Å². The first-order valence-electron chi connectivity index (χ1n) is 7.00. The fourth-order valence-corrected chi connectivity index (χ4v) is 2.88. The number of fused-ring (bicyclic) bond motifs is 1. The molecule has 0 aliphatic carbocycles. The molecule has 0 spiro atoms. The molecule has 1 N–H and O–H groups in total. The van der Waals surface area contributed by atoms with Crippen molar-refractivity contribution in [2.75, 3.05) is 11.4 Å². The summed E-state index contributed by atoms with van der Waals surface area (Å²) in [4.78, 5) is 14.6. The highest BCUT2D eigenvalue weighted by molar-refractivity contribution is 6.31. The van der Waals surface area contributed by atoms with Crippen LogP contribution in [0.25, 0.3) is 0 Å². The normalized spacial score (nSPS) is 15.7. The van der Waals surface area contributed by atoms with Gasteiger partial charge in [0.05, 0.1) is 11.4 Å². The Kier molecular flexibility index (Phi) is 3.86. The van der Waals surface area contributed by atoms with Gasteiger partial charge in [0, 0.05) is 29.1 Å². The number of oxime groups is 1. The molecule has 0 radical (unpaired) electrons. The van der Waals surface area contributed by atoms with Gasteiger partial charge in [-0.15, -0.1) is 0 Å². The lowest BCUT2D eigenvalue weighted by atomic mass is 9.98. The molecular weight excluding hydrogens is 300 g/mol. The van der Waals surface area contributed by atoms with Crippen molar-refractivity contribution in [3.05, 3.63) is 64.2 Å². The van der Waals surface area contributed by atoms with E-state index in [2.05, 4.69) is 5.16 Å². The van der Waals surface area contributed by atoms with Crippen molar-refractivity contribution in [2.24, 2.45) is 5.16 Å². The maximum Gasteiger partial charge on any atom is 0.258 e. The zero-order valence-electron chi connectivity index (χ0n) is 12.1. The first-order chi connectivity index (χ1) is 10.6. The average Bonchev–Trinajstić information content (AvgIpc) is 2.53. The molecule has 112 valence electrons. The number of rotatable bonds is 1. The van der Waals surface area contributed by atoms with Crippen LogP contribution in [-0.4, -0.2) is 23.4 Å². The monoisotopic (exact) mass is 314 g/mol. The van der Waals surface area contributed by atoms with Crippen LogP contribution < -0.4 is 4.90 Å². The van der Waals surface area contributed by atoms with Crippen molar-refractivity contribution < 1.29 is 10.0 Å². The van der Waals surface area contributed by atoms with Crippen molar-refractivity contribution in [2.45, 2.75) is 13.3 Å². The van der Waals surface area contributed by atoms with E-state index < -0.39 is 0 Å². The lowest BCUT2D eigenvalue weighted by Gasteiger charge is -2.30. The van der Waals surface area contributed by atoms with Crippen LogP contribution in [0.3, 0.4) is 0 Å². The Labute approximate surface area is 133 Å². The van der Waals surface area contributed by atoms with E-state index in [4.69, 9.17) is 16.8 Å². The van der Waals surface area contributed by atoms with Crippen LogP contribution in [0.2, 0.25) is 5.02 Å². The van der Waals surface area contributed by atoms with Crippen LogP contribution in [0.1, 0.15) is 27.9 Å². The second kappa shape index (κ2) is 5.81. The van der Waals surface area contributed by atoms with Gasteiger partial charge in [0.2, 0.25) is 0 Å². The van der Waals surface area contributed by atoms with E-state index in [0.29, 0.717) is 35.0 Å². The van der Waals surface area contributed by atoms with Crippen molar-refractivity contribution >= 4 is 28.9 Å². The molecule has 0 saturated carbocycles. The quantitative estimate of drug-likeness (QED) is 0.641. The zero-order valence-corrected chi connectivity index (χ0v) is 12.8. The van der Waals surface area contributed by atoms with Crippen molar-refractivity contribution in [3.8, 4) is 0 Å². The second-order valence-corrected chi connectivity index (χ2v) is 5.67. The van der Waals surface area contributed by atoms with Gasteiger partial charge in [0.25, 0.3) is 5.91 Å². The first-order valence-corrected chi connectivity index (χ1v) is 7.38. The molecule has 5 heteroatoms. The molecule has 1 aliphatic heterocycles. The predicted molar refractivity (Wildman–Crippen MR) is 87.2 cm³/mol. The molecular formula is C17H15ClN2O2. The molecule has 1 amide bonds. The molecule has 0 atom stereocenters. The SMILES string of the molecule is Cc1ccccc1C(=O)N1CCC(=NO)c2ccc(Cl)cc21. The highest BCUT2D eigenvalue weighted by Crippen LogP contribution is 2.31. The van der Waals surface area contributed by atoms with E-state index in [1.54, 1.807) is 23.1 Å². The Morgan fingerprint density at radius 1 is 1.27 bits per heavy atom. The lowest BCUT2D eigenvalue weighted by Crippen LogP contribution is -2.38. The van der Waals surface area contributed by atoms with Crippen LogP contribution in [-0.2, 0) is 0 Å². The summed E-state index contributed by atoms with van der Waals surface area (Å²) in [6, 6.07) is 12.7. The summed E-state index contributed by atoms with van der Waals surface area (Å²) >= 11 is 6.07. The minimum Gasteiger partial charge on any atom is -0.411 e. The minimum absolute atomic E-state index is 0.0707. The van der Waals surface area contributed by atoms with Crippen molar-refractivity contribution in [3.63, 3.8) is 0 Å². The largest absolute Gasteiger partial charge is 0.411 e. The number of anilines is 1. The maximum absolute atomic E-state index is 12.9. The number of benzene rings is 2. The molecule has 1 heterocycles. The molecule has 1 aliphatic rings. The molecule has 0 bridgehead atoms. The second-order valence-electron chi connectivity index (χ2n) is 5.23. The van der Waals surface area contributed by atoms with Gasteiger partial charge in [-0.05, 0) is 36.8 Å². The smallest absolute Gasteiger partial charge is 0.258 e. The fraction of sp³-hybridized carbons (Fsp3) is 0.176. The van der Waals surface area contributed by atoms with Gasteiger partial charge in [-0.2, -0.15) is 0 Å². The number of carbonyl (C=O) groups excluding carboxylic acids is 1. The van der Waals surface area contributed by atoms with Crippen LogP contribution in [0, 0.1) is 6.92 Å². The summed E-state index contributed by atoms with van der Waals surface area (Å²) in [5.74, 6) is -0.0707. The van der Waals surface area contributed by atoms with Crippen molar-refractivity contribution in [1.82, 2.24) is 0 Å². The number of carbonyl (C=O) groups is 1. The number of nitrogens with zero attached hydrogens (tertiary/aromatic N) is 2. The number of hydrogen-bond donors (Lipinski definition) is 1. The van der Waals surface area contributed by atoms with Crippen LogP contribution in [0.15, 0.2) is 47.6 Å². The summed E-state index contributed by atoms with van der Waals surface area (Å²) in [5, 5.41) is 13.0. The predicted octanol–water partition coefficient (Wildman–Crippen LogP) is 3.88. The Balaban J connectivity index is 2.08. The third-order valence-corrected chi connectivity index (χ3v) is 4.11. The molecule has 2 aromatic carbocycles. The third-order valence-electron chi connectivity index (χ3n) is 3.88. The van der Waals surface area contributed by atoms with Gasteiger partial charge < -0.3 is 10.1 Å². The van der Waals surface area contributed by atoms with E-state index >= 15 is 0 Å². The molecule has 0 unspecified atom stereocenters. The standard InChI is InChI=1S/C17H15ClN2O2/c1-11-4-2-3-5-13(11)17(21)20-9-8-15(19-22)14-7-6-12(18)10-16(14)20/h2-7,10,22H,8-9H2,1H3. The Morgan fingerprint density at radius 2 is 2.05 bits per heavy atom. The molecule has 3 rings (SSSR count). The van der Waals surface area contributed by atoms with Gasteiger partial charge >= 0.3 is 0 Å². The van der Waals surface area contributed by atoms with E-state index in [9.17, 15) is 4.79 Å². The zero-order chi connectivity index (χ0) is 15.7. The van der Waals surface area contributed by atoms with Gasteiger partial charge in [0.1, 0.15) is 0 Å². The molecule has 22 heavy (non-hydrogen) atoms. The van der Waals surface area contributed by atoms with Crippen LogP contribution in [0.4, 0.5) is 5.69 Å². The summed E-state index contributed by atoms with van der Waals surface area (Å²) in [6.45, 7) is 2.37. The van der Waals surface area contributed by atoms with Crippen molar-refractivity contribution in [1.29, 1.82) is 0 Å². The van der Waals surface area contributed by atoms with Gasteiger partial charge in [-0.3, -0.25) is 4.79 Å². The first kappa shape index (κ1) is 14.6. The molecule has 0 fully saturated rings. The van der Waals surface area contributed by atoms with E-state index in [1.165, 1.54) is 0 Å². The Morgan fingerprint density at radius 3 is 2.77 bits per heavy atom. The van der Waals surface area contributed by atoms with Gasteiger partial charge in [-0.25, -0.2) is 0 Å². The fourth-order valence-electron chi connectivity index (χ4n) is 2.72. The Bertz CT molecular complexity index is 771. The summed E-state index contributed by atoms with van der Waals surface area (Å²) in [7, 11) is 0. The molecule has 2 aromatic rings. The topological polar surface area (TPSA) is 52.9 Å². The van der Waals surface area contributed by atoms with Crippen LogP contribution >= 0.6 is 11.6 Å². The Hall–Kier alpha value is -2.33. The molecule has 0 aromatic heterocycles. The van der Waals surface area contributed by atoms with Gasteiger partial charge in [-0.1, -0.05) is 35.0 Å². The summed E-state index contributed by atoms with van der Waals surface area (Å²) in [5.41, 5.74) is 3.58. The summed E-state index contributed by atoms with van der Waals surface area (Å²) < 4.78 is 0. The number of aryl methyl sites for hydroxylation is 1. The lowest BCUT2D eigenvalue weighted by molar-refractivity contribution is 0.0986. The molecule has 0 saturated heterocycles. The number of hydrogen-bond acceptors (Lipinski definition) is 3. The maximum atomic E-state index is 12.9. The molecule has 4 nitrogen and oxygen atoms in total. The van der Waals surface area contributed by atoms with E-state index in [1.807, 2.05) is 31.2 Å².